The number of hydrogen-bond donors (Lipinski definition) is 0. The fraction of sp³-hybridized carbons (Fsp3) is 0.385. The Labute approximate surface area is 130 Å². The van der Waals surface area contributed by atoms with Crippen molar-refractivity contribution in [2.24, 2.45) is 5.92 Å². The van der Waals surface area contributed by atoms with Crippen molar-refractivity contribution < 1.29 is 13.2 Å². The zero-order valence-electron chi connectivity index (χ0n) is 10.8. The van der Waals surface area contributed by atoms with Crippen molar-refractivity contribution in [3.05, 3.63) is 23.2 Å². The molecule has 1 amide bonds. The lowest BCUT2D eigenvalue weighted by Gasteiger charge is -2.19. The molecule has 2 aromatic rings. The molecule has 21 heavy (non-hydrogen) atoms. The quantitative estimate of drug-likeness (QED) is 0.796. The van der Waals surface area contributed by atoms with Gasteiger partial charge in [0.25, 0.3) is 0 Å². The highest BCUT2D eigenvalue weighted by Gasteiger charge is 2.50. The summed E-state index contributed by atoms with van der Waals surface area (Å²) in [6.45, 7) is 0. The molecule has 2 aliphatic heterocycles. The summed E-state index contributed by atoms with van der Waals surface area (Å²) >= 11 is 7.34. The molecular weight excluding hydrogens is 332 g/mol. The van der Waals surface area contributed by atoms with E-state index in [0.29, 0.717) is 16.6 Å². The smallest absolute Gasteiger partial charge is 0.229 e. The molecule has 1 aromatic heterocycles. The molecule has 5 nitrogen and oxygen atoms in total. The van der Waals surface area contributed by atoms with Crippen LogP contribution >= 0.6 is 22.9 Å². The van der Waals surface area contributed by atoms with E-state index in [1.54, 1.807) is 17.0 Å². The van der Waals surface area contributed by atoms with E-state index in [1.165, 1.54) is 11.3 Å². The molecule has 2 saturated heterocycles. The van der Waals surface area contributed by atoms with E-state index in [2.05, 4.69) is 4.98 Å². The van der Waals surface area contributed by atoms with E-state index in [4.69, 9.17) is 11.6 Å². The van der Waals surface area contributed by atoms with Gasteiger partial charge in [-0.2, -0.15) is 0 Å². The minimum Gasteiger partial charge on any atom is -0.284 e. The highest BCUT2D eigenvalue weighted by Crippen LogP contribution is 2.40. The fourth-order valence-electron chi connectivity index (χ4n) is 3.13. The average molecular weight is 343 g/mol. The predicted molar refractivity (Wildman–Crippen MR) is 82.7 cm³/mol. The van der Waals surface area contributed by atoms with Crippen LogP contribution < -0.4 is 4.90 Å². The van der Waals surface area contributed by atoms with Crippen molar-refractivity contribution in [1.82, 2.24) is 4.98 Å². The van der Waals surface area contributed by atoms with Crippen molar-refractivity contribution in [3.63, 3.8) is 0 Å². The number of halogens is 1. The number of fused-ring (bicyclic) bond motifs is 2. The van der Waals surface area contributed by atoms with E-state index in [0.717, 1.165) is 10.2 Å². The van der Waals surface area contributed by atoms with E-state index in [-0.39, 0.29) is 29.4 Å². The Morgan fingerprint density at radius 1 is 1.33 bits per heavy atom. The highest BCUT2D eigenvalue weighted by molar-refractivity contribution is 7.91. The second kappa shape index (κ2) is 4.41. The molecule has 3 heterocycles. The first-order valence-electron chi connectivity index (χ1n) is 6.51. The van der Waals surface area contributed by atoms with Crippen LogP contribution in [0.15, 0.2) is 18.2 Å². The third-order valence-electron chi connectivity index (χ3n) is 4.02. The summed E-state index contributed by atoms with van der Waals surface area (Å²) in [5.41, 5.74) is 0.775. The summed E-state index contributed by atoms with van der Waals surface area (Å²) in [7, 11) is -3.04. The summed E-state index contributed by atoms with van der Waals surface area (Å²) in [5.74, 6) is 0.0136. The number of rotatable bonds is 1. The topological polar surface area (TPSA) is 67.3 Å². The number of hydrogen-bond acceptors (Lipinski definition) is 5. The molecular formula is C13H11ClN2O3S2. The number of aromatic nitrogens is 1. The molecule has 0 saturated carbocycles. The number of carbonyl (C=O) groups is 1. The van der Waals surface area contributed by atoms with Crippen LogP contribution in [0.2, 0.25) is 5.02 Å². The molecule has 0 aliphatic carbocycles. The summed E-state index contributed by atoms with van der Waals surface area (Å²) in [4.78, 5) is 18.3. The van der Waals surface area contributed by atoms with E-state index in [1.807, 2.05) is 6.07 Å². The molecule has 0 radical (unpaired) electrons. The average Bonchev–Trinajstić information content (AvgIpc) is 2.97. The molecule has 2 fully saturated rings. The molecule has 0 N–H and O–H groups in total. The molecule has 2 aliphatic rings. The summed E-state index contributed by atoms with van der Waals surface area (Å²) < 4.78 is 24.4. The normalized spacial score (nSPS) is 27.5. The Morgan fingerprint density at radius 2 is 2.14 bits per heavy atom. The SMILES string of the molecule is O=C1C[C@@H]2CS(=O)(=O)C[C@@H]2N1c1nc2ccc(Cl)cc2s1. The third kappa shape index (κ3) is 2.15. The first-order valence-corrected chi connectivity index (χ1v) is 9.53. The number of carbonyl (C=O) groups excluding carboxylic acids is 1. The van der Waals surface area contributed by atoms with E-state index < -0.39 is 9.84 Å². The van der Waals surface area contributed by atoms with Crippen molar-refractivity contribution in [2.75, 3.05) is 16.4 Å². The minimum atomic E-state index is -3.04. The number of sulfone groups is 1. The van der Waals surface area contributed by atoms with Gasteiger partial charge in [-0.1, -0.05) is 22.9 Å². The molecule has 4 rings (SSSR count). The summed E-state index contributed by atoms with van der Waals surface area (Å²) in [5, 5.41) is 1.19. The number of amides is 1. The maximum absolute atomic E-state index is 12.2. The third-order valence-corrected chi connectivity index (χ3v) is 7.06. The lowest BCUT2D eigenvalue weighted by atomic mass is 10.1. The Bertz CT molecular complexity index is 861. The van der Waals surface area contributed by atoms with Crippen molar-refractivity contribution in [3.8, 4) is 0 Å². The van der Waals surface area contributed by atoms with Crippen molar-refractivity contribution >= 4 is 54.0 Å². The van der Waals surface area contributed by atoms with Crippen LogP contribution in [-0.4, -0.2) is 36.9 Å². The van der Waals surface area contributed by atoms with Crippen LogP contribution in [0.25, 0.3) is 10.2 Å². The van der Waals surface area contributed by atoms with Gasteiger partial charge in [-0.05, 0) is 18.2 Å². The van der Waals surface area contributed by atoms with Gasteiger partial charge in [-0.15, -0.1) is 0 Å². The van der Waals surface area contributed by atoms with Gasteiger partial charge >= 0.3 is 0 Å². The van der Waals surface area contributed by atoms with Gasteiger partial charge in [0.1, 0.15) is 0 Å². The molecule has 0 unspecified atom stereocenters. The number of nitrogens with zero attached hydrogens (tertiary/aromatic N) is 2. The summed E-state index contributed by atoms with van der Waals surface area (Å²) in [6, 6.07) is 5.10. The molecule has 8 heteroatoms. The van der Waals surface area contributed by atoms with Crippen LogP contribution in [0.5, 0.6) is 0 Å². The molecule has 0 spiro atoms. The maximum Gasteiger partial charge on any atom is 0.229 e. The van der Waals surface area contributed by atoms with E-state index >= 15 is 0 Å². The standard InChI is InChI=1S/C13H11ClN2O3S2/c14-8-1-2-9-11(4-8)20-13(15-9)16-10-6-21(18,19)5-7(10)3-12(16)17/h1-2,4,7,10H,3,5-6H2/t7-,10+/m1/s1. The second-order valence-corrected chi connectivity index (χ2v) is 9.08. The lowest BCUT2D eigenvalue weighted by Crippen LogP contribution is -2.36. The Kier molecular flexibility index (Phi) is 2.83. The van der Waals surface area contributed by atoms with Gasteiger partial charge in [-0.3, -0.25) is 9.69 Å². The van der Waals surface area contributed by atoms with E-state index in [9.17, 15) is 13.2 Å². The fourth-order valence-corrected chi connectivity index (χ4v) is 6.51. The first-order chi connectivity index (χ1) is 9.93. The van der Waals surface area contributed by atoms with Gasteiger partial charge < -0.3 is 0 Å². The minimum absolute atomic E-state index is 0.0370. The van der Waals surface area contributed by atoms with Crippen LogP contribution in [-0.2, 0) is 14.6 Å². The first kappa shape index (κ1) is 13.5. The molecule has 110 valence electrons. The second-order valence-electron chi connectivity index (χ2n) is 5.48. The monoisotopic (exact) mass is 342 g/mol. The zero-order valence-corrected chi connectivity index (χ0v) is 13.2. The van der Waals surface area contributed by atoms with Gasteiger partial charge in [0.05, 0.1) is 27.8 Å². The van der Waals surface area contributed by atoms with Crippen LogP contribution in [0, 0.1) is 5.92 Å². The van der Waals surface area contributed by atoms with Crippen molar-refractivity contribution in [1.29, 1.82) is 0 Å². The van der Waals surface area contributed by atoms with Gasteiger partial charge in [-0.25, -0.2) is 13.4 Å². The summed E-state index contributed by atoms with van der Waals surface area (Å²) in [6.07, 6.45) is 0.292. The number of anilines is 1. The Hall–Kier alpha value is -1.18. The largest absolute Gasteiger partial charge is 0.284 e. The Balaban J connectivity index is 1.78. The molecule has 1 aromatic carbocycles. The zero-order chi connectivity index (χ0) is 14.8. The van der Waals surface area contributed by atoms with Gasteiger partial charge in [0.15, 0.2) is 15.0 Å². The molecule has 2 atom stereocenters. The van der Waals surface area contributed by atoms with Crippen LogP contribution in [0.1, 0.15) is 6.42 Å². The lowest BCUT2D eigenvalue weighted by molar-refractivity contribution is -0.117. The highest BCUT2D eigenvalue weighted by atomic mass is 35.5. The number of benzene rings is 1. The molecule has 0 bridgehead atoms. The van der Waals surface area contributed by atoms with Gasteiger partial charge in [0, 0.05) is 17.4 Å². The van der Waals surface area contributed by atoms with Gasteiger partial charge in [0.2, 0.25) is 5.91 Å². The van der Waals surface area contributed by atoms with Crippen LogP contribution in [0.4, 0.5) is 5.13 Å². The van der Waals surface area contributed by atoms with Crippen LogP contribution in [0.3, 0.4) is 0 Å². The predicted octanol–water partition coefficient (Wildman–Crippen LogP) is 2.10. The Morgan fingerprint density at radius 3 is 2.95 bits per heavy atom. The number of thiazole rings is 1. The maximum atomic E-state index is 12.2. The van der Waals surface area contributed by atoms with Crippen molar-refractivity contribution in [2.45, 2.75) is 12.5 Å².